The number of hydrogen-bond donors (Lipinski definition) is 1. The molecule has 0 bridgehead atoms. The van der Waals surface area contributed by atoms with Crippen LogP contribution in [0.4, 0.5) is 5.69 Å². The highest BCUT2D eigenvalue weighted by atomic mass is 79.9. The Bertz CT molecular complexity index is 514. The van der Waals surface area contributed by atoms with Crippen LogP contribution in [0.3, 0.4) is 0 Å². The zero-order valence-corrected chi connectivity index (χ0v) is 12.7. The molecule has 0 aliphatic rings. The van der Waals surface area contributed by atoms with Gasteiger partial charge in [-0.25, -0.2) is 4.98 Å². The second kappa shape index (κ2) is 5.85. The van der Waals surface area contributed by atoms with Crippen LogP contribution in [-0.4, -0.2) is 4.98 Å². The highest BCUT2D eigenvalue weighted by molar-refractivity contribution is 9.10. The number of benzene rings is 1. The summed E-state index contributed by atoms with van der Waals surface area (Å²) < 4.78 is 1.98. The van der Waals surface area contributed by atoms with E-state index >= 15 is 0 Å². The molecule has 1 aromatic carbocycles. The van der Waals surface area contributed by atoms with E-state index in [9.17, 15) is 0 Å². The van der Waals surface area contributed by atoms with Crippen LogP contribution in [0.1, 0.15) is 5.56 Å². The summed E-state index contributed by atoms with van der Waals surface area (Å²) in [6, 6.07) is 10.0. The molecule has 0 aliphatic carbocycles. The molecule has 1 N–H and O–H groups in total. The first-order chi connectivity index (χ1) is 8.15. The summed E-state index contributed by atoms with van der Waals surface area (Å²) in [5.41, 5.74) is 2.01. The first-order valence-electron chi connectivity index (χ1n) is 4.94. The lowest BCUT2D eigenvalue weighted by Crippen LogP contribution is -2.00. The number of anilines is 1. The number of halogens is 3. The van der Waals surface area contributed by atoms with Crippen molar-refractivity contribution in [3.8, 4) is 0 Å². The van der Waals surface area contributed by atoms with Gasteiger partial charge in [-0.05, 0) is 39.7 Å². The van der Waals surface area contributed by atoms with E-state index in [1.807, 2.05) is 18.2 Å². The van der Waals surface area contributed by atoms with E-state index in [4.69, 9.17) is 11.6 Å². The third-order valence-electron chi connectivity index (χ3n) is 2.20. The van der Waals surface area contributed by atoms with Crippen LogP contribution in [0.5, 0.6) is 0 Å². The summed E-state index contributed by atoms with van der Waals surface area (Å²) in [4.78, 5) is 4.05. The van der Waals surface area contributed by atoms with Gasteiger partial charge in [0, 0.05) is 21.7 Å². The molecule has 1 aromatic heterocycles. The number of aromatic nitrogens is 1. The predicted octanol–water partition coefficient (Wildman–Crippen LogP) is 4.87. The SMILES string of the molecule is Clc1ncc(Br)cc1NCc1ccc(Br)cc1. The summed E-state index contributed by atoms with van der Waals surface area (Å²) >= 11 is 12.8. The molecule has 88 valence electrons. The molecule has 5 heteroatoms. The van der Waals surface area contributed by atoms with E-state index in [0.717, 1.165) is 14.6 Å². The monoisotopic (exact) mass is 374 g/mol. The number of nitrogens with zero attached hydrogens (tertiary/aromatic N) is 1. The molecule has 0 unspecified atom stereocenters. The zero-order valence-electron chi connectivity index (χ0n) is 8.75. The van der Waals surface area contributed by atoms with E-state index in [0.29, 0.717) is 11.7 Å². The van der Waals surface area contributed by atoms with Crippen molar-refractivity contribution in [2.45, 2.75) is 6.54 Å². The maximum Gasteiger partial charge on any atom is 0.152 e. The molecule has 0 aliphatic heterocycles. The van der Waals surface area contributed by atoms with Gasteiger partial charge in [0.2, 0.25) is 0 Å². The highest BCUT2D eigenvalue weighted by Gasteiger charge is 2.02. The highest BCUT2D eigenvalue weighted by Crippen LogP contribution is 2.23. The van der Waals surface area contributed by atoms with Crippen molar-refractivity contribution in [3.05, 3.63) is 56.2 Å². The molecule has 0 saturated heterocycles. The van der Waals surface area contributed by atoms with Crippen molar-refractivity contribution in [2.24, 2.45) is 0 Å². The lowest BCUT2D eigenvalue weighted by atomic mass is 10.2. The number of hydrogen-bond acceptors (Lipinski definition) is 2. The summed E-state index contributed by atoms with van der Waals surface area (Å²) in [6.07, 6.45) is 1.67. The van der Waals surface area contributed by atoms with E-state index < -0.39 is 0 Å². The number of rotatable bonds is 3. The minimum atomic E-state index is 0.477. The van der Waals surface area contributed by atoms with E-state index in [-0.39, 0.29) is 0 Å². The molecule has 0 amide bonds. The maximum atomic E-state index is 5.99. The van der Waals surface area contributed by atoms with Gasteiger partial charge >= 0.3 is 0 Å². The normalized spacial score (nSPS) is 10.3. The maximum absolute atomic E-state index is 5.99. The van der Waals surface area contributed by atoms with Crippen LogP contribution in [0.2, 0.25) is 5.15 Å². The fourth-order valence-electron chi connectivity index (χ4n) is 1.35. The first kappa shape index (κ1) is 12.9. The van der Waals surface area contributed by atoms with Gasteiger partial charge in [-0.15, -0.1) is 0 Å². The van der Waals surface area contributed by atoms with Gasteiger partial charge in [0.25, 0.3) is 0 Å². The van der Waals surface area contributed by atoms with Crippen molar-refractivity contribution >= 4 is 49.1 Å². The minimum Gasteiger partial charge on any atom is -0.378 e. The van der Waals surface area contributed by atoms with Gasteiger partial charge < -0.3 is 5.32 Å². The molecule has 17 heavy (non-hydrogen) atoms. The molecule has 0 saturated carbocycles. The van der Waals surface area contributed by atoms with Gasteiger partial charge in [0.1, 0.15) is 0 Å². The lowest BCUT2D eigenvalue weighted by Gasteiger charge is -2.08. The standard InChI is InChI=1S/C12H9Br2ClN2/c13-9-3-1-8(2-4-9)6-16-11-5-10(14)7-17-12(11)15/h1-5,7,16H,6H2. The Morgan fingerprint density at radius 3 is 2.53 bits per heavy atom. The second-order valence-electron chi connectivity index (χ2n) is 3.47. The Morgan fingerprint density at radius 1 is 1.12 bits per heavy atom. The molecule has 0 fully saturated rings. The molecule has 2 aromatic rings. The number of nitrogens with one attached hydrogen (secondary N) is 1. The van der Waals surface area contributed by atoms with Crippen LogP contribution in [0, 0.1) is 0 Å². The minimum absolute atomic E-state index is 0.477. The van der Waals surface area contributed by atoms with Crippen LogP contribution in [0.15, 0.2) is 45.5 Å². The molecular formula is C12H9Br2ClN2. The van der Waals surface area contributed by atoms with Crippen molar-refractivity contribution in [3.63, 3.8) is 0 Å². The summed E-state index contributed by atoms with van der Waals surface area (Å²) in [5.74, 6) is 0. The fourth-order valence-corrected chi connectivity index (χ4v) is 2.11. The van der Waals surface area contributed by atoms with Crippen molar-refractivity contribution in [2.75, 3.05) is 5.32 Å². The van der Waals surface area contributed by atoms with Gasteiger partial charge in [0.05, 0.1) is 5.69 Å². The lowest BCUT2D eigenvalue weighted by molar-refractivity contribution is 1.13. The topological polar surface area (TPSA) is 24.9 Å². The fraction of sp³-hybridized carbons (Fsp3) is 0.0833. The van der Waals surface area contributed by atoms with Crippen molar-refractivity contribution in [1.82, 2.24) is 4.98 Å². The molecule has 2 rings (SSSR count). The summed E-state index contributed by atoms with van der Waals surface area (Å²) in [7, 11) is 0. The van der Waals surface area contributed by atoms with Crippen LogP contribution < -0.4 is 5.32 Å². The van der Waals surface area contributed by atoms with Crippen molar-refractivity contribution in [1.29, 1.82) is 0 Å². The van der Waals surface area contributed by atoms with Gasteiger partial charge in [-0.1, -0.05) is 39.7 Å². The Kier molecular flexibility index (Phi) is 4.42. The Labute approximate surface area is 122 Å². The molecule has 1 heterocycles. The third kappa shape index (κ3) is 3.69. The molecular weight excluding hydrogens is 367 g/mol. The van der Waals surface area contributed by atoms with Gasteiger partial charge in [-0.3, -0.25) is 0 Å². The average Bonchev–Trinajstić information content (AvgIpc) is 2.32. The van der Waals surface area contributed by atoms with E-state index in [2.05, 4.69) is 54.3 Å². The first-order valence-corrected chi connectivity index (χ1v) is 6.91. The largest absolute Gasteiger partial charge is 0.378 e. The quantitative estimate of drug-likeness (QED) is 0.773. The second-order valence-corrected chi connectivity index (χ2v) is 5.66. The molecule has 0 spiro atoms. The summed E-state index contributed by atoms with van der Waals surface area (Å²) in [6.45, 7) is 0.713. The zero-order chi connectivity index (χ0) is 12.3. The van der Waals surface area contributed by atoms with Crippen molar-refractivity contribution < 1.29 is 0 Å². The summed E-state index contributed by atoms with van der Waals surface area (Å²) in [5, 5.41) is 3.73. The van der Waals surface area contributed by atoms with Crippen LogP contribution in [-0.2, 0) is 6.54 Å². The van der Waals surface area contributed by atoms with Crippen LogP contribution in [0.25, 0.3) is 0 Å². The van der Waals surface area contributed by atoms with E-state index in [1.165, 1.54) is 5.56 Å². The number of pyridine rings is 1. The van der Waals surface area contributed by atoms with Gasteiger partial charge in [0.15, 0.2) is 5.15 Å². The average molecular weight is 376 g/mol. The van der Waals surface area contributed by atoms with Crippen LogP contribution >= 0.6 is 43.5 Å². The third-order valence-corrected chi connectivity index (χ3v) is 3.47. The Balaban J connectivity index is 2.07. The molecule has 0 radical (unpaired) electrons. The van der Waals surface area contributed by atoms with Gasteiger partial charge in [-0.2, -0.15) is 0 Å². The Hall–Kier alpha value is -0.580. The smallest absolute Gasteiger partial charge is 0.152 e. The Morgan fingerprint density at radius 2 is 1.82 bits per heavy atom. The van der Waals surface area contributed by atoms with E-state index in [1.54, 1.807) is 6.20 Å². The predicted molar refractivity (Wildman–Crippen MR) is 78.4 cm³/mol. The molecule has 2 nitrogen and oxygen atoms in total. The molecule has 0 atom stereocenters.